The van der Waals surface area contributed by atoms with Crippen LogP contribution in [0.4, 0.5) is 5.69 Å². The van der Waals surface area contributed by atoms with Crippen molar-refractivity contribution >= 4 is 26.6 Å². The van der Waals surface area contributed by atoms with Crippen molar-refractivity contribution in [1.29, 1.82) is 0 Å². The van der Waals surface area contributed by atoms with E-state index in [4.69, 9.17) is 0 Å². The highest BCUT2D eigenvalue weighted by Gasteiger charge is 2.17. The number of nitrogens with one attached hydrogen (secondary N) is 1. The predicted octanol–water partition coefficient (Wildman–Crippen LogP) is 2.08. The number of benzene rings is 1. The summed E-state index contributed by atoms with van der Waals surface area (Å²) in [5.74, 6) is 0. The Morgan fingerprint density at radius 1 is 1.14 bits per heavy atom. The summed E-state index contributed by atoms with van der Waals surface area (Å²) in [7, 11) is -1.90. The van der Waals surface area contributed by atoms with E-state index in [1.165, 1.54) is 12.3 Å². The number of para-hydroxylation sites is 1. The number of rotatable bonds is 3. The van der Waals surface area contributed by atoms with Crippen molar-refractivity contribution in [3.05, 3.63) is 48.4 Å². The predicted molar refractivity (Wildman–Crippen MR) is 80.5 cm³/mol. The van der Waals surface area contributed by atoms with Crippen molar-refractivity contribution in [2.75, 3.05) is 4.72 Å². The monoisotopic (exact) mass is 302 g/mol. The van der Waals surface area contributed by atoms with Crippen LogP contribution in [0.5, 0.6) is 0 Å². The second-order valence-corrected chi connectivity index (χ2v) is 6.43. The highest BCUT2D eigenvalue weighted by atomic mass is 32.2. The van der Waals surface area contributed by atoms with Crippen molar-refractivity contribution < 1.29 is 8.42 Å². The van der Waals surface area contributed by atoms with Gasteiger partial charge in [0.25, 0.3) is 10.0 Å². The van der Waals surface area contributed by atoms with Gasteiger partial charge in [0.05, 0.1) is 17.4 Å². The number of aromatic nitrogens is 3. The maximum Gasteiger partial charge on any atom is 0.263 e. The topological polar surface area (TPSA) is 76.9 Å². The Hall–Kier alpha value is -2.41. The van der Waals surface area contributed by atoms with Gasteiger partial charge in [-0.3, -0.25) is 14.4 Å². The molecule has 108 valence electrons. The normalized spacial score (nSPS) is 11.7. The first kappa shape index (κ1) is 13.6. The summed E-state index contributed by atoms with van der Waals surface area (Å²) in [5, 5.41) is 5.02. The lowest BCUT2D eigenvalue weighted by Crippen LogP contribution is -2.14. The van der Waals surface area contributed by atoms with Gasteiger partial charge in [-0.2, -0.15) is 5.10 Å². The number of pyridine rings is 1. The molecule has 0 radical (unpaired) electrons. The standard InChI is InChI=1S/C14H14N4O2S/c1-10-6-7-12(9-15-10)21(19,20)17-13-5-3-4-11-8-16-18(2)14(11)13/h3-9,17H,1-2H3. The summed E-state index contributed by atoms with van der Waals surface area (Å²) in [6.45, 7) is 1.81. The molecule has 2 aromatic heterocycles. The molecule has 1 aromatic carbocycles. The van der Waals surface area contributed by atoms with Crippen LogP contribution in [-0.4, -0.2) is 23.2 Å². The number of aryl methyl sites for hydroxylation is 2. The fourth-order valence-electron chi connectivity index (χ4n) is 2.13. The molecule has 3 rings (SSSR count). The number of nitrogens with zero attached hydrogens (tertiary/aromatic N) is 3. The molecule has 2 heterocycles. The molecule has 0 aliphatic heterocycles. The minimum Gasteiger partial charge on any atom is -0.277 e. The van der Waals surface area contributed by atoms with E-state index < -0.39 is 10.0 Å². The highest BCUT2D eigenvalue weighted by Crippen LogP contribution is 2.25. The fraction of sp³-hybridized carbons (Fsp3) is 0.143. The summed E-state index contributed by atoms with van der Waals surface area (Å²) in [4.78, 5) is 4.15. The molecule has 0 unspecified atom stereocenters. The summed E-state index contributed by atoms with van der Waals surface area (Å²) >= 11 is 0. The van der Waals surface area contributed by atoms with Crippen molar-refractivity contribution in [3.63, 3.8) is 0 Å². The molecule has 0 amide bonds. The van der Waals surface area contributed by atoms with Gasteiger partial charge in [-0.1, -0.05) is 12.1 Å². The van der Waals surface area contributed by atoms with Crippen LogP contribution in [0.3, 0.4) is 0 Å². The zero-order valence-corrected chi connectivity index (χ0v) is 12.4. The molecule has 0 aliphatic rings. The Bertz CT molecular complexity index is 898. The SMILES string of the molecule is Cc1ccc(S(=O)(=O)Nc2cccc3cnn(C)c23)cn1. The van der Waals surface area contributed by atoms with Gasteiger partial charge in [0.2, 0.25) is 0 Å². The maximum absolute atomic E-state index is 12.4. The van der Waals surface area contributed by atoms with E-state index in [0.29, 0.717) is 5.69 Å². The third-order valence-electron chi connectivity index (χ3n) is 3.20. The summed E-state index contributed by atoms with van der Waals surface area (Å²) in [5.41, 5.74) is 2.00. The molecule has 0 saturated carbocycles. The minimum atomic E-state index is -3.67. The lowest BCUT2D eigenvalue weighted by atomic mass is 10.2. The maximum atomic E-state index is 12.4. The number of sulfonamides is 1. The van der Waals surface area contributed by atoms with Gasteiger partial charge in [-0.15, -0.1) is 0 Å². The van der Waals surface area contributed by atoms with Crippen LogP contribution in [0.15, 0.2) is 47.6 Å². The van der Waals surface area contributed by atoms with E-state index in [1.807, 2.05) is 6.07 Å². The molecule has 21 heavy (non-hydrogen) atoms. The van der Waals surface area contributed by atoms with Gasteiger partial charge in [0.1, 0.15) is 4.90 Å². The molecule has 0 atom stereocenters. The second kappa shape index (κ2) is 4.85. The molecule has 7 heteroatoms. The molecule has 6 nitrogen and oxygen atoms in total. The average molecular weight is 302 g/mol. The molecule has 0 aliphatic carbocycles. The summed E-state index contributed by atoms with van der Waals surface area (Å²) in [6, 6.07) is 8.58. The molecule has 3 aromatic rings. The van der Waals surface area contributed by atoms with Crippen LogP contribution in [-0.2, 0) is 17.1 Å². The largest absolute Gasteiger partial charge is 0.277 e. The number of hydrogen-bond donors (Lipinski definition) is 1. The van der Waals surface area contributed by atoms with Crippen LogP contribution in [0, 0.1) is 6.92 Å². The minimum absolute atomic E-state index is 0.132. The van der Waals surface area contributed by atoms with Crippen molar-refractivity contribution in [1.82, 2.24) is 14.8 Å². The van der Waals surface area contributed by atoms with Gasteiger partial charge >= 0.3 is 0 Å². The van der Waals surface area contributed by atoms with E-state index in [0.717, 1.165) is 16.6 Å². The van der Waals surface area contributed by atoms with Gasteiger partial charge in [-0.25, -0.2) is 8.42 Å². The lowest BCUT2D eigenvalue weighted by molar-refractivity contribution is 0.601. The number of anilines is 1. The van der Waals surface area contributed by atoms with Crippen LogP contribution in [0.25, 0.3) is 10.9 Å². The van der Waals surface area contributed by atoms with E-state index in [1.54, 1.807) is 43.0 Å². The number of fused-ring (bicyclic) bond motifs is 1. The summed E-state index contributed by atoms with van der Waals surface area (Å²) < 4.78 is 29.1. The zero-order chi connectivity index (χ0) is 15.0. The highest BCUT2D eigenvalue weighted by molar-refractivity contribution is 7.92. The fourth-order valence-corrected chi connectivity index (χ4v) is 3.14. The molecule has 0 fully saturated rings. The third-order valence-corrected chi connectivity index (χ3v) is 4.55. The molecule has 0 saturated heterocycles. The van der Waals surface area contributed by atoms with E-state index in [-0.39, 0.29) is 4.90 Å². The Morgan fingerprint density at radius 3 is 2.67 bits per heavy atom. The quantitative estimate of drug-likeness (QED) is 0.803. The van der Waals surface area contributed by atoms with Gasteiger partial charge in [0.15, 0.2) is 0 Å². The van der Waals surface area contributed by atoms with Gasteiger partial charge in [-0.05, 0) is 25.1 Å². The van der Waals surface area contributed by atoms with Crippen LogP contribution in [0.2, 0.25) is 0 Å². The zero-order valence-electron chi connectivity index (χ0n) is 11.6. The van der Waals surface area contributed by atoms with E-state index in [2.05, 4.69) is 14.8 Å². The molecular weight excluding hydrogens is 288 g/mol. The molecule has 0 spiro atoms. The van der Waals surface area contributed by atoms with Crippen LogP contribution < -0.4 is 4.72 Å². The molecule has 1 N–H and O–H groups in total. The average Bonchev–Trinajstić information content (AvgIpc) is 2.82. The lowest BCUT2D eigenvalue weighted by Gasteiger charge is -2.10. The Morgan fingerprint density at radius 2 is 1.95 bits per heavy atom. The second-order valence-electron chi connectivity index (χ2n) is 4.75. The van der Waals surface area contributed by atoms with Crippen LogP contribution in [0.1, 0.15) is 5.69 Å². The Balaban J connectivity index is 2.05. The first-order valence-electron chi connectivity index (χ1n) is 6.33. The third kappa shape index (κ3) is 2.47. The number of hydrogen-bond acceptors (Lipinski definition) is 4. The first-order chi connectivity index (χ1) is 9.97. The van der Waals surface area contributed by atoms with Crippen molar-refractivity contribution in [2.45, 2.75) is 11.8 Å². The van der Waals surface area contributed by atoms with Gasteiger partial charge < -0.3 is 0 Å². The first-order valence-corrected chi connectivity index (χ1v) is 7.82. The Kier molecular flexibility index (Phi) is 3.13. The Labute approximate surface area is 122 Å². The van der Waals surface area contributed by atoms with Crippen LogP contribution >= 0.6 is 0 Å². The van der Waals surface area contributed by atoms with Gasteiger partial charge in [0, 0.05) is 24.3 Å². The molecular formula is C14H14N4O2S. The van der Waals surface area contributed by atoms with Crippen molar-refractivity contribution in [2.24, 2.45) is 7.05 Å². The molecule has 0 bridgehead atoms. The van der Waals surface area contributed by atoms with E-state index in [9.17, 15) is 8.42 Å². The summed E-state index contributed by atoms with van der Waals surface area (Å²) in [6.07, 6.45) is 3.04. The van der Waals surface area contributed by atoms with E-state index >= 15 is 0 Å². The van der Waals surface area contributed by atoms with Crippen molar-refractivity contribution in [3.8, 4) is 0 Å². The smallest absolute Gasteiger partial charge is 0.263 e.